The van der Waals surface area contributed by atoms with Gasteiger partial charge in [-0.15, -0.1) is 11.3 Å². The van der Waals surface area contributed by atoms with Gasteiger partial charge in [-0.1, -0.05) is 39.0 Å². The molecule has 37 heavy (non-hydrogen) atoms. The van der Waals surface area contributed by atoms with E-state index >= 15 is 0 Å². The fourth-order valence-corrected chi connectivity index (χ4v) is 5.40. The number of rotatable bonds is 11. The van der Waals surface area contributed by atoms with Crippen LogP contribution in [0.5, 0.6) is 23.0 Å². The Labute approximate surface area is 220 Å². The number of carbonyl (C=O) groups is 1. The average molecular weight is 527 g/mol. The van der Waals surface area contributed by atoms with E-state index in [2.05, 4.69) is 6.92 Å². The molecule has 0 amide bonds. The zero-order valence-electron chi connectivity index (χ0n) is 20.8. The van der Waals surface area contributed by atoms with E-state index in [1.165, 1.54) is 43.1 Å². The lowest BCUT2D eigenvalue weighted by molar-refractivity contribution is 0.104. The summed E-state index contributed by atoms with van der Waals surface area (Å²) in [5, 5.41) is 30.7. The maximum Gasteiger partial charge on any atom is 0.195 e. The minimum atomic E-state index is -0.234. The molecular formula is C29H34O7S. The number of ether oxygens (including phenoxy) is 1. The van der Waals surface area contributed by atoms with Crippen molar-refractivity contribution in [2.45, 2.75) is 45.4 Å². The summed E-state index contributed by atoms with van der Waals surface area (Å²) < 4.78 is 6.45. The van der Waals surface area contributed by atoms with Crippen molar-refractivity contribution >= 4 is 27.2 Å². The second-order valence-electron chi connectivity index (χ2n) is 8.66. The van der Waals surface area contributed by atoms with Crippen molar-refractivity contribution in [3.63, 3.8) is 0 Å². The fourth-order valence-electron chi connectivity index (χ4n) is 4.14. The van der Waals surface area contributed by atoms with E-state index in [4.69, 9.17) is 4.74 Å². The summed E-state index contributed by atoms with van der Waals surface area (Å²) in [7, 11) is 0. The number of aromatic hydroxyl groups is 3. The zero-order valence-corrected chi connectivity index (χ0v) is 21.6. The second-order valence-corrected chi connectivity index (χ2v) is 9.71. The average Bonchev–Trinajstić information content (AvgIpc) is 3.23. The van der Waals surface area contributed by atoms with Crippen LogP contribution < -0.4 is 4.74 Å². The van der Waals surface area contributed by atoms with Crippen molar-refractivity contribution < 1.29 is 35.8 Å². The molecule has 1 heterocycles. The van der Waals surface area contributed by atoms with Gasteiger partial charge in [-0.05, 0) is 66.6 Å². The van der Waals surface area contributed by atoms with Crippen LogP contribution in [-0.4, -0.2) is 38.7 Å². The third-order valence-corrected chi connectivity index (χ3v) is 7.18. The van der Waals surface area contributed by atoms with Crippen LogP contribution in [0, 0.1) is 0 Å². The Morgan fingerprint density at radius 1 is 0.811 bits per heavy atom. The molecule has 0 radical (unpaired) electrons. The molecule has 0 unspecified atom stereocenters. The lowest BCUT2D eigenvalue weighted by atomic mass is 9.97. The van der Waals surface area contributed by atoms with Crippen molar-refractivity contribution in [3.8, 4) is 33.4 Å². The molecule has 0 saturated carbocycles. The van der Waals surface area contributed by atoms with Gasteiger partial charge < -0.3 is 31.0 Å². The summed E-state index contributed by atoms with van der Waals surface area (Å²) in [6.07, 6.45) is 7.18. The molecule has 8 heteroatoms. The Morgan fingerprint density at radius 2 is 1.46 bits per heavy atom. The number of hydrogen-bond donors (Lipinski definition) is 3. The lowest BCUT2D eigenvalue weighted by Crippen LogP contribution is -2.03. The Hall–Kier alpha value is -3.59. The van der Waals surface area contributed by atoms with Gasteiger partial charge in [0.15, 0.2) is 5.78 Å². The first-order valence-corrected chi connectivity index (χ1v) is 12.8. The molecule has 198 valence electrons. The summed E-state index contributed by atoms with van der Waals surface area (Å²) in [5.41, 5.74) is 1.59. The van der Waals surface area contributed by atoms with Gasteiger partial charge >= 0.3 is 0 Å². The van der Waals surface area contributed by atoms with E-state index < -0.39 is 0 Å². The van der Waals surface area contributed by atoms with E-state index in [0.717, 1.165) is 24.2 Å². The first-order valence-electron chi connectivity index (χ1n) is 12.0. The van der Waals surface area contributed by atoms with Gasteiger partial charge in [0.25, 0.3) is 0 Å². The molecular weight excluding hydrogens is 492 g/mol. The van der Waals surface area contributed by atoms with E-state index in [1.807, 2.05) is 0 Å². The van der Waals surface area contributed by atoms with Crippen LogP contribution in [0.15, 0.2) is 60.7 Å². The number of carbonyl (C=O) groups excluding carboxylic acids is 1. The molecule has 4 rings (SSSR count). The second kappa shape index (κ2) is 13.6. The molecule has 7 N–H and O–H groups in total. The normalized spacial score (nSPS) is 10.5. The molecule has 0 atom stereocenters. The largest absolute Gasteiger partial charge is 0.508 e. The van der Waals surface area contributed by atoms with Crippen LogP contribution in [0.2, 0.25) is 0 Å². The first-order chi connectivity index (χ1) is 17.0. The number of hydrogen-bond acceptors (Lipinski definition) is 6. The number of unbranched alkanes of at least 4 members (excludes halogenated alkanes) is 5. The summed E-state index contributed by atoms with van der Waals surface area (Å²) in [4.78, 5) is 14.3. The summed E-state index contributed by atoms with van der Waals surface area (Å²) in [6.45, 7) is 2.86. The van der Waals surface area contributed by atoms with Gasteiger partial charge in [0.05, 0.1) is 12.2 Å². The van der Waals surface area contributed by atoms with Crippen LogP contribution in [0.25, 0.3) is 20.5 Å². The monoisotopic (exact) mass is 526 g/mol. The van der Waals surface area contributed by atoms with E-state index in [0.29, 0.717) is 32.7 Å². The van der Waals surface area contributed by atoms with Crippen molar-refractivity contribution in [1.29, 1.82) is 0 Å². The zero-order chi connectivity index (χ0) is 24.8. The molecule has 0 saturated heterocycles. The van der Waals surface area contributed by atoms with Gasteiger partial charge in [-0.25, -0.2) is 0 Å². The van der Waals surface area contributed by atoms with E-state index in [1.54, 1.807) is 54.6 Å². The molecule has 1 aromatic heterocycles. The Bertz CT molecular complexity index is 1290. The highest BCUT2D eigenvalue weighted by molar-refractivity contribution is 7.23. The highest BCUT2D eigenvalue weighted by Gasteiger charge is 2.24. The van der Waals surface area contributed by atoms with Gasteiger partial charge in [-0.3, -0.25) is 4.79 Å². The minimum absolute atomic E-state index is 0. The molecule has 0 aliphatic rings. The van der Waals surface area contributed by atoms with Crippen LogP contribution in [0.4, 0.5) is 0 Å². The number of phenolic OH excluding ortho intramolecular Hbond substituents is 3. The molecule has 7 nitrogen and oxygen atoms in total. The first kappa shape index (κ1) is 29.6. The molecule has 0 fully saturated rings. The highest BCUT2D eigenvalue weighted by atomic mass is 32.1. The maximum absolute atomic E-state index is 13.7. The Morgan fingerprint density at radius 3 is 2.14 bits per heavy atom. The predicted molar refractivity (Wildman–Crippen MR) is 148 cm³/mol. The Kier molecular flexibility index (Phi) is 10.9. The van der Waals surface area contributed by atoms with Crippen molar-refractivity contribution in [3.05, 3.63) is 71.8 Å². The number of thiophene rings is 1. The summed E-state index contributed by atoms with van der Waals surface area (Å²) >= 11 is 1.31. The van der Waals surface area contributed by atoms with Crippen LogP contribution in [0.1, 0.15) is 61.4 Å². The van der Waals surface area contributed by atoms with Gasteiger partial charge in [0.2, 0.25) is 0 Å². The van der Waals surface area contributed by atoms with Crippen molar-refractivity contribution in [1.82, 2.24) is 0 Å². The number of ketones is 1. The molecule has 0 aliphatic carbocycles. The number of benzene rings is 3. The minimum Gasteiger partial charge on any atom is -0.508 e. The summed E-state index contributed by atoms with van der Waals surface area (Å²) in [5.74, 6) is 0.391. The molecule has 0 aliphatic heterocycles. The summed E-state index contributed by atoms with van der Waals surface area (Å²) in [6, 6.07) is 16.4. The Balaban J connectivity index is 0.00000241. The molecule has 3 aromatic carbocycles. The SMILES string of the molecule is CCCCCCCCOc1ccc(C(=O)c2c(-c3ccc(O)cc3)sc3cc(O)cc(O)c23)cc1.O.O. The van der Waals surface area contributed by atoms with Crippen LogP contribution in [-0.2, 0) is 0 Å². The number of fused-ring (bicyclic) bond motifs is 1. The number of phenols is 3. The van der Waals surface area contributed by atoms with Crippen LogP contribution >= 0.6 is 11.3 Å². The van der Waals surface area contributed by atoms with Crippen molar-refractivity contribution in [2.24, 2.45) is 0 Å². The van der Waals surface area contributed by atoms with Gasteiger partial charge in [0.1, 0.15) is 23.0 Å². The molecule has 0 bridgehead atoms. The van der Waals surface area contributed by atoms with Crippen LogP contribution in [0.3, 0.4) is 0 Å². The van der Waals surface area contributed by atoms with Gasteiger partial charge in [0, 0.05) is 26.6 Å². The van der Waals surface area contributed by atoms with E-state index in [-0.39, 0.29) is 34.0 Å². The third kappa shape index (κ3) is 7.01. The predicted octanol–water partition coefficient (Wildman–Crippen LogP) is 6.01. The lowest BCUT2D eigenvalue weighted by Gasteiger charge is -2.09. The molecule has 0 spiro atoms. The quantitative estimate of drug-likeness (QED) is 0.162. The smallest absolute Gasteiger partial charge is 0.195 e. The topological polar surface area (TPSA) is 150 Å². The standard InChI is InChI=1S/C29H30O5S.2H2O/c1-2-3-4-5-6-7-16-34-23-14-10-19(11-15-23)28(33)27-26-24(32)17-22(31)18-25(26)35-29(27)20-8-12-21(30)13-9-20;;/h8-15,17-18,30-32H,2-7,16H2,1H3;2*1H2. The fraction of sp³-hybridized carbons (Fsp3) is 0.276. The van der Waals surface area contributed by atoms with Crippen molar-refractivity contribution in [2.75, 3.05) is 6.61 Å². The highest BCUT2D eigenvalue weighted by Crippen LogP contribution is 2.45. The molecule has 4 aromatic rings. The third-order valence-electron chi connectivity index (χ3n) is 5.99. The van der Waals surface area contributed by atoms with Gasteiger partial charge in [-0.2, -0.15) is 0 Å². The van der Waals surface area contributed by atoms with E-state index in [9.17, 15) is 20.1 Å². The maximum atomic E-state index is 13.7.